The minimum absolute atomic E-state index is 0.279. The van der Waals surface area contributed by atoms with E-state index in [0.29, 0.717) is 16.6 Å². The van der Waals surface area contributed by atoms with Crippen LogP contribution in [0, 0.1) is 3.57 Å². The van der Waals surface area contributed by atoms with E-state index in [1.54, 1.807) is 12.4 Å². The molecule has 1 N–H and O–H groups in total. The molecule has 0 bridgehead atoms. The predicted octanol–water partition coefficient (Wildman–Crippen LogP) is 4.32. The molecule has 1 aromatic carbocycles. The maximum absolute atomic E-state index is 11.7. The fraction of sp³-hybridized carbons (Fsp3) is 0.167. The molecule has 19 heavy (non-hydrogen) atoms. The summed E-state index contributed by atoms with van der Waals surface area (Å²) in [6.07, 6.45) is 0. The molecule has 1 heterocycles. The number of thiazole rings is 1. The molecule has 0 amide bonds. The van der Waals surface area contributed by atoms with Gasteiger partial charge in [-0.05, 0) is 47.7 Å². The average Bonchev–Trinajstić information content (AvgIpc) is 2.81. The van der Waals surface area contributed by atoms with Crippen molar-refractivity contribution in [2.75, 3.05) is 11.9 Å². The van der Waals surface area contributed by atoms with E-state index in [9.17, 15) is 4.79 Å². The van der Waals surface area contributed by atoms with Crippen molar-refractivity contribution < 1.29 is 9.53 Å². The second kappa shape index (κ2) is 6.53. The summed E-state index contributed by atoms with van der Waals surface area (Å²) in [5.74, 6) is -0.437. The van der Waals surface area contributed by atoms with Crippen LogP contribution in [0.1, 0.15) is 17.4 Å². The van der Waals surface area contributed by atoms with Gasteiger partial charge in [-0.1, -0.05) is 11.6 Å². The number of hydrogen-bond acceptors (Lipinski definition) is 5. The molecule has 7 heteroatoms. The van der Waals surface area contributed by atoms with Crippen molar-refractivity contribution in [1.82, 2.24) is 4.98 Å². The molecule has 1 aromatic heterocycles. The Bertz CT molecular complexity index is 603. The summed E-state index contributed by atoms with van der Waals surface area (Å²) in [4.78, 5) is 15.7. The number of halogens is 2. The minimum atomic E-state index is -0.437. The van der Waals surface area contributed by atoms with Gasteiger partial charge in [-0.15, -0.1) is 11.3 Å². The molecule has 0 aliphatic heterocycles. The lowest BCUT2D eigenvalue weighted by molar-refractivity contribution is 0.0521. The summed E-state index contributed by atoms with van der Waals surface area (Å²) in [5, 5.41) is 4.33. The number of anilines is 2. The Morgan fingerprint density at radius 2 is 2.37 bits per heavy atom. The van der Waals surface area contributed by atoms with Gasteiger partial charge >= 0.3 is 5.97 Å². The number of nitrogens with one attached hydrogen (secondary N) is 1. The van der Waals surface area contributed by atoms with E-state index in [-0.39, 0.29) is 5.69 Å². The van der Waals surface area contributed by atoms with Crippen LogP contribution < -0.4 is 5.32 Å². The Balaban J connectivity index is 2.24. The number of nitrogens with zero attached hydrogens (tertiary/aromatic N) is 1. The summed E-state index contributed by atoms with van der Waals surface area (Å²) in [7, 11) is 0. The fourth-order valence-electron chi connectivity index (χ4n) is 1.39. The Morgan fingerprint density at radius 1 is 1.58 bits per heavy atom. The fourth-order valence-corrected chi connectivity index (χ4v) is 2.98. The number of ether oxygens (including phenoxy) is 1. The summed E-state index contributed by atoms with van der Waals surface area (Å²) in [6.45, 7) is 2.08. The first-order valence-corrected chi connectivity index (χ1v) is 7.78. The molecule has 2 aromatic rings. The smallest absolute Gasteiger partial charge is 0.360 e. The van der Waals surface area contributed by atoms with Crippen LogP contribution in [0.3, 0.4) is 0 Å². The Kier molecular flexibility index (Phi) is 5.00. The van der Waals surface area contributed by atoms with E-state index >= 15 is 0 Å². The van der Waals surface area contributed by atoms with Crippen molar-refractivity contribution >= 4 is 62.2 Å². The molecule has 4 nitrogen and oxygen atoms in total. The minimum Gasteiger partial charge on any atom is -0.461 e. The van der Waals surface area contributed by atoms with Crippen molar-refractivity contribution in [1.29, 1.82) is 0 Å². The Morgan fingerprint density at radius 3 is 3.05 bits per heavy atom. The van der Waals surface area contributed by atoms with E-state index in [1.165, 1.54) is 11.3 Å². The van der Waals surface area contributed by atoms with Crippen LogP contribution in [-0.4, -0.2) is 17.6 Å². The van der Waals surface area contributed by atoms with Gasteiger partial charge < -0.3 is 10.1 Å². The molecule has 0 saturated heterocycles. The first kappa shape index (κ1) is 14.5. The Hall–Kier alpha value is -0.860. The number of hydrogen-bond donors (Lipinski definition) is 1. The van der Waals surface area contributed by atoms with Gasteiger partial charge in [0, 0.05) is 3.57 Å². The molecule has 0 atom stereocenters. The third-order valence-electron chi connectivity index (χ3n) is 2.22. The third kappa shape index (κ3) is 3.58. The highest BCUT2D eigenvalue weighted by atomic mass is 127. The van der Waals surface area contributed by atoms with Gasteiger partial charge in [-0.2, -0.15) is 0 Å². The van der Waals surface area contributed by atoms with Gasteiger partial charge in [0.25, 0.3) is 0 Å². The maximum atomic E-state index is 11.7. The quantitative estimate of drug-likeness (QED) is 0.605. The van der Waals surface area contributed by atoms with Crippen molar-refractivity contribution in [3.63, 3.8) is 0 Å². The SMILES string of the molecule is CCOC(=O)c1ncsc1Nc1ccc(I)cc1Cl. The third-order valence-corrected chi connectivity index (χ3v) is 3.94. The zero-order chi connectivity index (χ0) is 13.8. The molecule has 0 aliphatic carbocycles. The number of benzene rings is 1. The van der Waals surface area contributed by atoms with Gasteiger partial charge in [0.15, 0.2) is 5.69 Å². The summed E-state index contributed by atoms with van der Waals surface area (Å²) >= 11 is 9.65. The lowest BCUT2D eigenvalue weighted by atomic mass is 10.3. The second-order valence-corrected chi connectivity index (χ2v) is 6.01. The molecular weight excluding hydrogens is 399 g/mol. The molecule has 100 valence electrons. The van der Waals surface area contributed by atoms with Crippen LogP contribution in [0.25, 0.3) is 0 Å². The zero-order valence-electron chi connectivity index (χ0n) is 9.94. The molecule has 0 aliphatic rings. The molecule has 0 radical (unpaired) electrons. The second-order valence-electron chi connectivity index (χ2n) is 3.50. The van der Waals surface area contributed by atoms with Gasteiger partial charge in [0.05, 0.1) is 22.8 Å². The Labute approximate surface area is 133 Å². The van der Waals surface area contributed by atoms with Crippen molar-refractivity contribution in [3.05, 3.63) is 38.0 Å². The maximum Gasteiger partial charge on any atom is 0.360 e. The topological polar surface area (TPSA) is 51.2 Å². The van der Waals surface area contributed by atoms with Gasteiger partial charge in [0.1, 0.15) is 5.00 Å². The van der Waals surface area contributed by atoms with Crippen molar-refractivity contribution in [2.45, 2.75) is 6.92 Å². The summed E-state index contributed by atoms with van der Waals surface area (Å²) < 4.78 is 5.99. The van der Waals surface area contributed by atoms with Crippen LogP contribution >= 0.6 is 45.5 Å². The monoisotopic (exact) mass is 408 g/mol. The largest absolute Gasteiger partial charge is 0.461 e. The molecule has 0 saturated carbocycles. The highest BCUT2D eigenvalue weighted by molar-refractivity contribution is 14.1. The summed E-state index contributed by atoms with van der Waals surface area (Å²) in [5.41, 5.74) is 2.60. The molecular formula is C12H10ClIN2O2S. The van der Waals surface area contributed by atoms with Crippen molar-refractivity contribution in [2.24, 2.45) is 0 Å². The lowest BCUT2D eigenvalue weighted by Crippen LogP contribution is -2.07. The van der Waals surface area contributed by atoms with Crippen LogP contribution in [0.5, 0.6) is 0 Å². The highest BCUT2D eigenvalue weighted by Gasteiger charge is 2.16. The van der Waals surface area contributed by atoms with Crippen LogP contribution in [0.15, 0.2) is 23.7 Å². The van der Waals surface area contributed by atoms with Crippen LogP contribution in [-0.2, 0) is 4.74 Å². The van der Waals surface area contributed by atoms with E-state index in [1.807, 2.05) is 18.2 Å². The average molecular weight is 409 g/mol. The van der Waals surface area contributed by atoms with Gasteiger partial charge in [0.2, 0.25) is 0 Å². The van der Waals surface area contributed by atoms with E-state index in [2.05, 4.69) is 32.9 Å². The first-order chi connectivity index (χ1) is 9.11. The number of esters is 1. The van der Waals surface area contributed by atoms with E-state index in [4.69, 9.17) is 16.3 Å². The predicted molar refractivity (Wildman–Crippen MR) is 85.5 cm³/mol. The first-order valence-electron chi connectivity index (χ1n) is 5.44. The molecule has 0 unspecified atom stereocenters. The molecule has 0 fully saturated rings. The van der Waals surface area contributed by atoms with Crippen molar-refractivity contribution in [3.8, 4) is 0 Å². The highest BCUT2D eigenvalue weighted by Crippen LogP contribution is 2.30. The standard InChI is InChI=1S/C12H10ClIN2O2S/c1-2-18-12(17)10-11(19-6-15-10)16-9-4-3-7(14)5-8(9)13/h3-6,16H,2H2,1H3. The van der Waals surface area contributed by atoms with E-state index < -0.39 is 5.97 Å². The van der Waals surface area contributed by atoms with Gasteiger partial charge in [-0.25, -0.2) is 9.78 Å². The number of aromatic nitrogens is 1. The molecule has 2 rings (SSSR count). The van der Waals surface area contributed by atoms with Crippen LogP contribution in [0.2, 0.25) is 5.02 Å². The summed E-state index contributed by atoms with van der Waals surface area (Å²) in [6, 6.07) is 5.63. The van der Waals surface area contributed by atoms with Crippen LogP contribution in [0.4, 0.5) is 10.7 Å². The zero-order valence-corrected chi connectivity index (χ0v) is 13.7. The van der Waals surface area contributed by atoms with E-state index in [0.717, 1.165) is 9.26 Å². The molecule has 0 spiro atoms. The van der Waals surface area contributed by atoms with Gasteiger partial charge in [-0.3, -0.25) is 0 Å². The number of carbonyl (C=O) groups excluding carboxylic acids is 1. The lowest BCUT2D eigenvalue weighted by Gasteiger charge is -2.08. The number of rotatable bonds is 4. The normalized spacial score (nSPS) is 10.3. The number of carbonyl (C=O) groups is 1.